The van der Waals surface area contributed by atoms with Crippen LogP contribution in [0.3, 0.4) is 0 Å². The third kappa shape index (κ3) is 2.15. The van der Waals surface area contributed by atoms with Crippen LogP contribution >= 0.6 is 11.6 Å². The van der Waals surface area contributed by atoms with Gasteiger partial charge in [0.2, 0.25) is 0 Å². The average Bonchev–Trinajstić information content (AvgIpc) is 2.46. The highest BCUT2D eigenvalue weighted by Gasteiger charge is 2.23. The first-order chi connectivity index (χ1) is 9.29. The third-order valence-corrected chi connectivity index (χ3v) is 3.44. The molecule has 0 saturated carbocycles. The van der Waals surface area contributed by atoms with E-state index < -0.39 is 0 Å². The van der Waals surface area contributed by atoms with Gasteiger partial charge in [-0.1, -0.05) is 29.8 Å². The minimum atomic E-state index is -0.107. The van der Waals surface area contributed by atoms with Gasteiger partial charge in [0.25, 0.3) is 0 Å². The monoisotopic (exact) mass is 272 g/mol. The molecule has 19 heavy (non-hydrogen) atoms. The van der Waals surface area contributed by atoms with E-state index in [0.717, 1.165) is 27.7 Å². The van der Waals surface area contributed by atoms with Gasteiger partial charge in [0.1, 0.15) is 12.0 Å². The highest BCUT2D eigenvalue weighted by atomic mass is 35.5. The zero-order valence-electron chi connectivity index (χ0n) is 10.4. The largest absolute Gasteiger partial charge is 0.360 e. The smallest absolute Gasteiger partial charge is 0.132 e. The molecule has 0 spiro atoms. The molecule has 1 aliphatic rings. The molecule has 5 heteroatoms. The summed E-state index contributed by atoms with van der Waals surface area (Å²) in [5.74, 6) is 0.834. The first kappa shape index (κ1) is 12.0. The molecule has 1 aliphatic heterocycles. The Labute approximate surface area is 116 Å². The van der Waals surface area contributed by atoms with Crippen molar-refractivity contribution in [2.75, 3.05) is 12.4 Å². The number of anilines is 1. The van der Waals surface area contributed by atoms with E-state index in [9.17, 15) is 0 Å². The predicted octanol–water partition coefficient (Wildman–Crippen LogP) is 2.83. The Morgan fingerprint density at radius 1 is 1.21 bits per heavy atom. The number of fused-ring (bicyclic) bond motifs is 1. The first-order valence-corrected chi connectivity index (χ1v) is 6.36. The molecule has 1 aromatic heterocycles. The van der Waals surface area contributed by atoms with Crippen LogP contribution in [0.4, 0.5) is 5.69 Å². The third-order valence-electron chi connectivity index (χ3n) is 3.10. The van der Waals surface area contributed by atoms with Crippen LogP contribution < -0.4 is 10.6 Å². The van der Waals surface area contributed by atoms with Gasteiger partial charge < -0.3 is 10.6 Å². The van der Waals surface area contributed by atoms with Gasteiger partial charge in [-0.15, -0.1) is 0 Å². The maximum atomic E-state index is 6.24. The molecule has 2 N–H and O–H groups in total. The van der Waals surface area contributed by atoms with Gasteiger partial charge >= 0.3 is 0 Å². The highest BCUT2D eigenvalue weighted by molar-refractivity contribution is 6.31. The van der Waals surface area contributed by atoms with Crippen LogP contribution in [0.1, 0.15) is 17.3 Å². The fourth-order valence-corrected chi connectivity index (χ4v) is 2.42. The number of pyridine rings is 1. The summed E-state index contributed by atoms with van der Waals surface area (Å²) in [6.45, 7) is 0. The Balaban J connectivity index is 2.03. The molecule has 0 amide bonds. The molecule has 0 radical (unpaired) electrons. The van der Waals surface area contributed by atoms with Crippen LogP contribution in [0.5, 0.6) is 0 Å². The summed E-state index contributed by atoms with van der Waals surface area (Å²) < 4.78 is 0. The van der Waals surface area contributed by atoms with Gasteiger partial charge in [-0.25, -0.2) is 0 Å². The number of aliphatic imine (C=N–C) groups is 1. The van der Waals surface area contributed by atoms with Crippen LogP contribution in [0, 0.1) is 0 Å². The van der Waals surface area contributed by atoms with Crippen LogP contribution in [0.2, 0.25) is 5.02 Å². The van der Waals surface area contributed by atoms with Crippen molar-refractivity contribution in [3.05, 3.63) is 58.9 Å². The van der Waals surface area contributed by atoms with Crippen molar-refractivity contribution in [3.8, 4) is 0 Å². The number of benzene rings is 1. The molecule has 3 rings (SSSR count). The Morgan fingerprint density at radius 3 is 2.84 bits per heavy atom. The zero-order chi connectivity index (χ0) is 13.2. The summed E-state index contributed by atoms with van der Waals surface area (Å²) >= 11 is 6.24. The van der Waals surface area contributed by atoms with Gasteiger partial charge in [-0.05, 0) is 12.1 Å². The fourth-order valence-electron chi connectivity index (χ4n) is 2.17. The Morgan fingerprint density at radius 2 is 2.05 bits per heavy atom. The minimum Gasteiger partial charge on any atom is -0.360 e. The van der Waals surface area contributed by atoms with E-state index in [1.54, 1.807) is 19.4 Å². The number of hydrogen-bond donors (Lipinski definition) is 2. The van der Waals surface area contributed by atoms with Crippen molar-refractivity contribution in [2.24, 2.45) is 4.99 Å². The molecule has 1 atom stereocenters. The average molecular weight is 273 g/mol. The Hall–Kier alpha value is -2.07. The predicted molar refractivity (Wildman–Crippen MR) is 77.6 cm³/mol. The molecule has 96 valence electrons. The maximum Gasteiger partial charge on any atom is 0.132 e. The lowest BCUT2D eigenvalue weighted by Crippen LogP contribution is -2.39. The summed E-state index contributed by atoms with van der Waals surface area (Å²) in [6.07, 6.45) is 3.44. The number of aromatic nitrogens is 1. The molecular formula is C14H13ClN4. The van der Waals surface area contributed by atoms with Gasteiger partial charge in [-0.3, -0.25) is 9.98 Å². The molecule has 1 unspecified atom stereocenters. The van der Waals surface area contributed by atoms with Crippen LogP contribution in [0.15, 0.2) is 47.7 Å². The minimum absolute atomic E-state index is 0.107. The summed E-state index contributed by atoms with van der Waals surface area (Å²) in [5.41, 5.74) is 2.95. The zero-order valence-corrected chi connectivity index (χ0v) is 11.1. The molecule has 1 aromatic carbocycles. The van der Waals surface area contributed by atoms with Gasteiger partial charge in [-0.2, -0.15) is 0 Å². The molecule has 2 aromatic rings. The standard InChI is InChI=1S/C14H13ClN4/c1-16-13-10-6-7-17-8-12(10)18-14(19-13)9-4-2-3-5-11(9)15/h2-8,14,18H,1H3,(H,16,19). The van der Waals surface area contributed by atoms with Gasteiger partial charge in [0.15, 0.2) is 0 Å². The van der Waals surface area contributed by atoms with Crippen LogP contribution in [-0.2, 0) is 0 Å². The Bertz CT molecular complexity index is 639. The van der Waals surface area contributed by atoms with Gasteiger partial charge in [0.05, 0.1) is 11.9 Å². The van der Waals surface area contributed by atoms with E-state index in [1.165, 1.54) is 0 Å². The number of amidine groups is 1. The van der Waals surface area contributed by atoms with E-state index >= 15 is 0 Å². The van der Waals surface area contributed by atoms with Crippen molar-refractivity contribution >= 4 is 23.1 Å². The highest BCUT2D eigenvalue weighted by Crippen LogP contribution is 2.29. The van der Waals surface area contributed by atoms with Crippen molar-refractivity contribution in [2.45, 2.75) is 6.17 Å². The first-order valence-electron chi connectivity index (χ1n) is 5.98. The lowest BCUT2D eigenvalue weighted by atomic mass is 10.1. The van der Waals surface area contributed by atoms with Gasteiger partial charge in [0, 0.05) is 29.4 Å². The molecular weight excluding hydrogens is 260 g/mol. The normalized spacial score (nSPS) is 19.5. The fraction of sp³-hybridized carbons (Fsp3) is 0.143. The SMILES string of the molecule is CN=C1NC(c2ccccc2Cl)Nc2cnccc21. The quantitative estimate of drug-likeness (QED) is 0.839. The molecule has 0 fully saturated rings. The van der Waals surface area contributed by atoms with Crippen LogP contribution in [-0.4, -0.2) is 17.9 Å². The van der Waals surface area contributed by atoms with E-state index in [2.05, 4.69) is 20.6 Å². The lowest BCUT2D eigenvalue weighted by Gasteiger charge is -2.30. The number of nitrogens with zero attached hydrogens (tertiary/aromatic N) is 2. The van der Waals surface area contributed by atoms with E-state index in [0.29, 0.717) is 0 Å². The number of hydrogen-bond acceptors (Lipinski definition) is 3. The molecule has 0 bridgehead atoms. The number of halogens is 1. The molecule has 0 aliphatic carbocycles. The second kappa shape index (κ2) is 4.90. The van der Waals surface area contributed by atoms with Crippen LogP contribution in [0.25, 0.3) is 0 Å². The summed E-state index contributed by atoms with van der Waals surface area (Å²) in [4.78, 5) is 8.43. The molecule has 4 nitrogen and oxygen atoms in total. The summed E-state index contributed by atoms with van der Waals surface area (Å²) in [7, 11) is 1.77. The van der Waals surface area contributed by atoms with Crippen molar-refractivity contribution in [1.82, 2.24) is 10.3 Å². The summed E-state index contributed by atoms with van der Waals surface area (Å²) in [5, 5.41) is 7.44. The number of rotatable bonds is 1. The summed E-state index contributed by atoms with van der Waals surface area (Å²) in [6, 6.07) is 9.68. The Kier molecular flexibility index (Phi) is 3.09. The van der Waals surface area contributed by atoms with E-state index in [1.807, 2.05) is 30.3 Å². The lowest BCUT2D eigenvalue weighted by molar-refractivity contribution is 0.719. The van der Waals surface area contributed by atoms with E-state index in [4.69, 9.17) is 11.6 Å². The van der Waals surface area contributed by atoms with E-state index in [-0.39, 0.29) is 6.17 Å². The van der Waals surface area contributed by atoms with Crippen molar-refractivity contribution in [1.29, 1.82) is 0 Å². The van der Waals surface area contributed by atoms with Crippen molar-refractivity contribution in [3.63, 3.8) is 0 Å². The second-order valence-electron chi connectivity index (χ2n) is 4.24. The number of nitrogens with one attached hydrogen (secondary N) is 2. The molecule has 2 heterocycles. The van der Waals surface area contributed by atoms with Crippen molar-refractivity contribution < 1.29 is 0 Å². The molecule has 0 saturated heterocycles. The maximum absolute atomic E-state index is 6.24. The topological polar surface area (TPSA) is 49.3 Å². The second-order valence-corrected chi connectivity index (χ2v) is 4.64.